The van der Waals surface area contributed by atoms with Crippen LogP contribution in [0, 0.1) is 5.82 Å². The molecule has 0 amide bonds. The second-order valence-electron chi connectivity index (χ2n) is 5.38. The van der Waals surface area contributed by atoms with Crippen LogP contribution in [0.5, 0.6) is 5.75 Å². The third kappa shape index (κ3) is 29.7. The molecular formula is C15H15B3F13O-3. The monoisotopic (exact) mass is 491 g/mol. The molecule has 32 heavy (non-hydrogen) atoms. The van der Waals surface area contributed by atoms with Gasteiger partial charge in [-0.2, -0.15) is 0 Å². The second kappa shape index (κ2) is 14.6. The van der Waals surface area contributed by atoms with Crippen LogP contribution in [0.1, 0.15) is 18.1 Å². The molecule has 0 saturated carbocycles. The van der Waals surface area contributed by atoms with Gasteiger partial charge in [0, 0.05) is 0 Å². The Balaban J connectivity index is 0. The molecule has 1 nitrogen and oxygen atoms in total. The van der Waals surface area contributed by atoms with Crippen LogP contribution >= 0.6 is 0 Å². The van der Waals surface area contributed by atoms with Crippen molar-refractivity contribution in [3.8, 4) is 5.75 Å². The fourth-order valence-corrected chi connectivity index (χ4v) is 1.61. The van der Waals surface area contributed by atoms with Gasteiger partial charge in [-0.15, -0.1) is 0 Å². The highest BCUT2D eigenvalue weighted by molar-refractivity contribution is 6.50. The standard InChI is InChI=1S/C15H15FO.3BF4/c1-2-12-8-9-14(16)15(10-12)17-11-13-6-4-3-5-7-13;3*2-1(3,4)5/h3-10H,2,11H2,1H3;;;/q;3*-1. The molecule has 2 rings (SSSR count). The summed E-state index contributed by atoms with van der Waals surface area (Å²) >= 11 is 0. The van der Waals surface area contributed by atoms with Crippen molar-refractivity contribution in [2.45, 2.75) is 20.0 Å². The molecule has 0 fully saturated rings. The Bertz CT molecular complexity index is 702. The summed E-state index contributed by atoms with van der Waals surface area (Å²) in [6.07, 6.45) is 0.877. The Morgan fingerprint density at radius 3 is 1.41 bits per heavy atom. The fraction of sp³-hybridized carbons (Fsp3) is 0.200. The highest BCUT2D eigenvalue weighted by atomic mass is 19.5. The highest BCUT2D eigenvalue weighted by Crippen LogP contribution is 2.20. The van der Waals surface area contributed by atoms with Crippen molar-refractivity contribution >= 4 is 21.8 Å². The summed E-state index contributed by atoms with van der Waals surface area (Å²) in [6, 6.07) is 14.8. The van der Waals surface area contributed by atoms with Crippen molar-refractivity contribution in [2.24, 2.45) is 0 Å². The van der Waals surface area contributed by atoms with E-state index in [1.165, 1.54) is 6.07 Å². The van der Waals surface area contributed by atoms with Crippen molar-refractivity contribution in [1.29, 1.82) is 0 Å². The van der Waals surface area contributed by atoms with Crippen molar-refractivity contribution in [3.05, 3.63) is 65.5 Å². The van der Waals surface area contributed by atoms with Gasteiger partial charge in [-0.05, 0) is 29.7 Å². The molecule has 2 aromatic rings. The van der Waals surface area contributed by atoms with E-state index in [9.17, 15) is 56.2 Å². The van der Waals surface area contributed by atoms with Crippen LogP contribution in [-0.2, 0) is 13.0 Å². The molecule has 0 aliphatic rings. The average molecular weight is 491 g/mol. The van der Waals surface area contributed by atoms with Crippen LogP contribution in [-0.4, -0.2) is 21.8 Å². The van der Waals surface area contributed by atoms with Gasteiger partial charge < -0.3 is 56.5 Å². The summed E-state index contributed by atoms with van der Waals surface area (Å²) < 4.78 is 136. The second-order valence-corrected chi connectivity index (χ2v) is 5.38. The minimum absolute atomic E-state index is 0.307. The Labute approximate surface area is 174 Å². The summed E-state index contributed by atoms with van der Waals surface area (Å²) in [5, 5.41) is 0. The molecule has 2 aromatic carbocycles. The van der Waals surface area contributed by atoms with E-state index in [4.69, 9.17) is 4.74 Å². The van der Waals surface area contributed by atoms with Gasteiger partial charge in [0.05, 0.1) is 0 Å². The average Bonchev–Trinajstić information content (AvgIpc) is 2.58. The molecule has 0 unspecified atom stereocenters. The summed E-state index contributed by atoms with van der Waals surface area (Å²) in [4.78, 5) is 0. The normalized spacial score (nSPS) is 11.1. The molecule has 17 heteroatoms. The molecule has 0 aromatic heterocycles. The van der Waals surface area contributed by atoms with Gasteiger partial charge in [0.2, 0.25) is 0 Å². The summed E-state index contributed by atoms with van der Waals surface area (Å²) in [5.41, 5.74) is 2.11. The van der Waals surface area contributed by atoms with Crippen molar-refractivity contribution in [1.82, 2.24) is 0 Å². The Kier molecular flexibility index (Phi) is 14.4. The van der Waals surface area contributed by atoms with Gasteiger partial charge in [0.15, 0.2) is 11.6 Å². The third-order valence-corrected chi connectivity index (χ3v) is 2.64. The maximum atomic E-state index is 13.5. The highest BCUT2D eigenvalue weighted by Gasteiger charge is 2.21. The van der Waals surface area contributed by atoms with Crippen molar-refractivity contribution in [2.75, 3.05) is 0 Å². The first-order valence-corrected chi connectivity index (χ1v) is 8.36. The van der Waals surface area contributed by atoms with E-state index >= 15 is 0 Å². The molecule has 0 saturated heterocycles. The van der Waals surface area contributed by atoms with Crippen LogP contribution < -0.4 is 4.74 Å². The molecule has 0 spiro atoms. The third-order valence-electron chi connectivity index (χ3n) is 2.64. The van der Waals surface area contributed by atoms with E-state index in [1.54, 1.807) is 12.1 Å². The van der Waals surface area contributed by atoms with Gasteiger partial charge in [-0.3, -0.25) is 0 Å². The molecule has 0 heterocycles. The lowest BCUT2D eigenvalue weighted by molar-refractivity contribution is 0.290. The minimum Gasteiger partial charge on any atom is -0.486 e. The lowest BCUT2D eigenvalue weighted by atomic mass is 10.1. The van der Waals surface area contributed by atoms with Crippen molar-refractivity contribution < 1.29 is 60.9 Å². The van der Waals surface area contributed by atoms with Crippen LogP contribution in [0.4, 0.5) is 56.2 Å². The van der Waals surface area contributed by atoms with Crippen LogP contribution in [0.3, 0.4) is 0 Å². The van der Waals surface area contributed by atoms with Crippen LogP contribution in [0.25, 0.3) is 0 Å². The lowest BCUT2D eigenvalue weighted by Gasteiger charge is -2.08. The van der Waals surface area contributed by atoms with Gasteiger partial charge in [0.1, 0.15) is 6.61 Å². The van der Waals surface area contributed by atoms with Gasteiger partial charge >= 0.3 is 21.8 Å². The first-order chi connectivity index (χ1) is 14.3. The zero-order valence-electron chi connectivity index (χ0n) is 16.1. The van der Waals surface area contributed by atoms with E-state index in [0.717, 1.165) is 17.5 Å². The van der Waals surface area contributed by atoms with Gasteiger partial charge in [-0.1, -0.05) is 43.3 Å². The Morgan fingerprint density at radius 1 is 0.625 bits per heavy atom. The summed E-state index contributed by atoms with van der Waals surface area (Å²) in [7, 11) is -18.0. The number of hydrogen-bond donors (Lipinski definition) is 0. The minimum atomic E-state index is -6.00. The quantitative estimate of drug-likeness (QED) is 0.313. The number of halogens is 13. The van der Waals surface area contributed by atoms with Gasteiger partial charge in [0.25, 0.3) is 0 Å². The van der Waals surface area contributed by atoms with Crippen molar-refractivity contribution in [3.63, 3.8) is 0 Å². The van der Waals surface area contributed by atoms with Crippen LogP contribution in [0.2, 0.25) is 0 Å². The first-order valence-electron chi connectivity index (χ1n) is 8.36. The van der Waals surface area contributed by atoms with E-state index < -0.39 is 21.8 Å². The molecule has 184 valence electrons. The smallest absolute Gasteiger partial charge is 0.486 e. The van der Waals surface area contributed by atoms with Gasteiger partial charge in [-0.25, -0.2) is 4.39 Å². The first kappa shape index (κ1) is 31.7. The molecule has 0 radical (unpaired) electrons. The fourth-order valence-electron chi connectivity index (χ4n) is 1.61. The largest absolute Gasteiger partial charge is 0.673 e. The zero-order chi connectivity index (χ0) is 25.6. The topological polar surface area (TPSA) is 9.23 Å². The SMILES string of the molecule is CCc1ccc(F)c(OCc2ccccc2)c1.F[B-](F)(F)F.F[B-](F)(F)F.F[B-](F)(F)F. The zero-order valence-corrected chi connectivity index (χ0v) is 16.1. The predicted molar refractivity (Wildman–Crippen MR) is 97.1 cm³/mol. The van der Waals surface area contributed by atoms with Crippen LogP contribution in [0.15, 0.2) is 48.5 Å². The number of ether oxygens (including phenoxy) is 1. The number of hydrogen-bond acceptors (Lipinski definition) is 1. The lowest BCUT2D eigenvalue weighted by Crippen LogP contribution is -2.02. The molecule has 0 bridgehead atoms. The molecule has 0 aliphatic heterocycles. The Hall–Kier alpha value is -2.48. The maximum Gasteiger partial charge on any atom is 0.673 e. The molecular weight excluding hydrogens is 476 g/mol. The molecule has 0 N–H and O–H groups in total. The molecule has 0 atom stereocenters. The van der Waals surface area contributed by atoms with E-state index in [1.807, 2.05) is 37.3 Å². The number of rotatable bonds is 4. The number of aryl methyl sites for hydroxylation is 1. The van der Waals surface area contributed by atoms with E-state index in [0.29, 0.717) is 12.4 Å². The summed E-state index contributed by atoms with van der Waals surface area (Å²) in [5.74, 6) is 0.0198. The maximum absolute atomic E-state index is 13.5. The van der Waals surface area contributed by atoms with E-state index in [-0.39, 0.29) is 5.82 Å². The number of benzene rings is 2. The Morgan fingerprint density at radius 2 is 1.03 bits per heavy atom. The molecule has 0 aliphatic carbocycles. The predicted octanol–water partition coefficient (Wildman–Crippen LogP) is 7.87. The van der Waals surface area contributed by atoms with E-state index in [2.05, 4.69) is 0 Å². The summed E-state index contributed by atoms with van der Waals surface area (Å²) in [6.45, 7) is 2.43.